The van der Waals surface area contributed by atoms with E-state index in [1.807, 2.05) is 20.1 Å². The second kappa shape index (κ2) is 9.15. The Hall–Kier alpha value is -0.910. The quantitative estimate of drug-likeness (QED) is 0.620. The van der Waals surface area contributed by atoms with E-state index in [9.17, 15) is 9.59 Å². The number of carbonyl (C=O) groups is 2. The van der Waals surface area contributed by atoms with E-state index >= 15 is 0 Å². The van der Waals surface area contributed by atoms with E-state index in [-0.39, 0.29) is 0 Å². The summed E-state index contributed by atoms with van der Waals surface area (Å²) in [7, 11) is 0. The van der Waals surface area contributed by atoms with Crippen LogP contribution in [0.1, 0.15) is 26.7 Å². The molecule has 0 aromatic heterocycles. The molecule has 0 fully saturated rings. The van der Waals surface area contributed by atoms with Crippen molar-refractivity contribution in [3.63, 3.8) is 0 Å². The van der Waals surface area contributed by atoms with Gasteiger partial charge in [0.2, 0.25) is 0 Å². The molecule has 0 rings (SSSR count). The SMILES string of the molecule is CCC[C@H](NC(=O)NCC(C)CSC)C(=O)O. The molecule has 6 heteroatoms. The van der Waals surface area contributed by atoms with Gasteiger partial charge in [-0.1, -0.05) is 20.3 Å². The van der Waals surface area contributed by atoms with E-state index < -0.39 is 18.0 Å². The minimum atomic E-state index is -0.987. The molecule has 100 valence electrons. The number of thioether (sulfide) groups is 1. The fraction of sp³-hybridized carbons (Fsp3) is 0.818. The maximum Gasteiger partial charge on any atom is 0.326 e. The number of amides is 2. The van der Waals surface area contributed by atoms with Crippen LogP contribution in [0.4, 0.5) is 4.79 Å². The molecule has 2 amide bonds. The van der Waals surface area contributed by atoms with E-state index in [0.717, 1.165) is 12.2 Å². The summed E-state index contributed by atoms with van der Waals surface area (Å²) in [6.45, 7) is 4.48. The molecule has 0 aromatic carbocycles. The molecule has 0 aliphatic heterocycles. The highest BCUT2D eigenvalue weighted by atomic mass is 32.2. The van der Waals surface area contributed by atoms with Gasteiger partial charge in [-0.2, -0.15) is 11.8 Å². The second-order valence-electron chi connectivity index (χ2n) is 4.09. The van der Waals surface area contributed by atoms with Crippen LogP contribution in [-0.2, 0) is 4.79 Å². The molecule has 0 aromatic rings. The van der Waals surface area contributed by atoms with Crippen LogP contribution in [0.3, 0.4) is 0 Å². The molecule has 0 heterocycles. The maximum absolute atomic E-state index is 11.4. The summed E-state index contributed by atoms with van der Waals surface area (Å²) in [5.41, 5.74) is 0. The van der Waals surface area contributed by atoms with Gasteiger partial charge < -0.3 is 15.7 Å². The summed E-state index contributed by atoms with van der Waals surface area (Å²) in [5, 5.41) is 14.0. The molecule has 0 saturated carbocycles. The highest BCUT2D eigenvalue weighted by molar-refractivity contribution is 7.98. The molecule has 0 saturated heterocycles. The Kier molecular flexibility index (Phi) is 8.66. The minimum absolute atomic E-state index is 0.380. The number of carbonyl (C=O) groups excluding carboxylic acids is 1. The topological polar surface area (TPSA) is 78.4 Å². The lowest BCUT2D eigenvalue weighted by Crippen LogP contribution is -2.46. The normalized spacial score (nSPS) is 13.8. The van der Waals surface area contributed by atoms with E-state index in [1.54, 1.807) is 11.8 Å². The summed E-state index contributed by atoms with van der Waals surface area (Å²) < 4.78 is 0. The Labute approximate surface area is 107 Å². The Bertz CT molecular complexity index is 249. The maximum atomic E-state index is 11.4. The van der Waals surface area contributed by atoms with Crippen LogP contribution in [0.25, 0.3) is 0 Å². The Morgan fingerprint density at radius 3 is 2.53 bits per heavy atom. The van der Waals surface area contributed by atoms with Gasteiger partial charge in [0.25, 0.3) is 0 Å². The first-order chi connectivity index (χ1) is 8.01. The van der Waals surface area contributed by atoms with Crippen molar-refractivity contribution >= 4 is 23.8 Å². The smallest absolute Gasteiger partial charge is 0.326 e. The van der Waals surface area contributed by atoms with Crippen LogP contribution in [-0.4, -0.2) is 41.7 Å². The summed E-state index contributed by atoms with van der Waals surface area (Å²) in [4.78, 5) is 22.3. The average Bonchev–Trinajstić information content (AvgIpc) is 2.26. The van der Waals surface area contributed by atoms with Crippen LogP contribution in [0.2, 0.25) is 0 Å². The third-order valence-corrected chi connectivity index (χ3v) is 3.15. The molecule has 0 aliphatic rings. The zero-order valence-electron chi connectivity index (χ0n) is 10.7. The number of urea groups is 1. The van der Waals surface area contributed by atoms with Crippen LogP contribution >= 0.6 is 11.8 Å². The van der Waals surface area contributed by atoms with Gasteiger partial charge >= 0.3 is 12.0 Å². The monoisotopic (exact) mass is 262 g/mol. The molecule has 17 heavy (non-hydrogen) atoms. The molecular weight excluding hydrogens is 240 g/mol. The van der Waals surface area contributed by atoms with Crippen LogP contribution in [0, 0.1) is 5.92 Å². The van der Waals surface area contributed by atoms with Crippen LogP contribution in [0.15, 0.2) is 0 Å². The van der Waals surface area contributed by atoms with Crippen LogP contribution in [0.5, 0.6) is 0 Å². The number of hydrogen-bond acceptors (Lipinski definition) is 3. The van der Waals surface area contributed by atoms with Crippen molar-refractivity contribution in [2.24, 2.45) is 5.92 Å². The fourth-order valence-electron chi connectivity index (χ4n) is 1.37. The second-order valence-corrected chi connectivity index (χ2v) is 5.01. The summed E-state index contributed by atoms with van der Waals surface area (Å²) in [6, 6.07) is -1.20. The van der Waals surface area contributed by atoms with Crippen LogP contribution < -0.4 is 10.6 Å². The highest BCUT2D eigenvalue weighted by Crippen LogP contribution is 2.02. The first kappa shape index (κ1) is 16.1. The lowest BCUT2D eigenvalue weighted by molar-refractivity contribution is -0.139. The van der Waals surface area contributed by atoms with Gasteiger partial charge in [0.05, 0.1) is 0 Å². The lowest BCUT2D eigenvalue weighted by atomic mass is 10.2. The van der Waals surface area contributed by atoms with Gasteiger partial charge in [-0.15, -0.1) is 0 Å². The molecule has 5 nitrogen and oxygen atoms in total. The molecule has 3 N–H and O–H groups in total. The van der Waals surface area contributed by atoms with Crippen molar-refractivity contribution in [3.05, 3.63) is 0 Å². The number of rotatable bonds is 8. The molecule has 0 aliphatic carbocycles. The lowest BCUT2D eigenvalue weighted by Gasteiger charge is -2.16. The molecule has 0 radical (unpaired) electrons. The fourth-order valence-corrected chi connectivity index (χ4v) is 2.05. The predicted molar refractivity (Wildman–Crippen MR) is 70.4 cm³/mol. The zero-order valence-corrected chi connectivity index (χ0v) is 11.5. The minimum Gasteiger partial charge on any atom is -0.480 e. The average molecular weight is 262 g/mol. The van der Waals surface area contributed by atoms with Gasteiger partial charge in [0.15, 0.2) is 0 Å². The predicted octanol–water partition coefficient (Wildman–Crippen LogP) is 1.54. The first-order valence-corrected chi connectivity index (χ1v) is 7.16. The van der Waals surface area contributed by atoms with Crippen molar-refractivity contribution in [3.8, 4) is 0 Å². The third-order valence-electron chi connectivity index (χ3n) is 2.24. The van der Waals surface area contributed by atoms with E-state index in [4.69, 9.17) is 5.11 Å². The largest absolute Gasteiger partial charge is 0.480 e. The Morgan fingerprint density at radius 1 is 1.41 bits per heavy atom. The van der Waals surface area contributed by atoms with Gasteiger partial charge in [-0.05, 0) is 24.3 Å². The first-order valence-electron chi connectivity index (χ1n) is 5.77. The Balaban J connectivity index is 3.93. The number of hydrogen-bond donors (Lipinski definition) is 3. The summed E-state index contributed by atoms with van der Waals surface area (Å²) in [6.07, 6.45) is 3.18. The molecule has 1 unspecified atom stereocenters. The summed E-state index contributed by atoms with van der Waals surface area (Å²) in [5.74, 6) is 0.363. The van der Waals surface area contributed by atoms with Gasteiger partial charge in [0, 0.05) is 6.54 Å². The zero-order chi connectivity index (χ0) is 13.3. The van der Waals surface area contributed by atoms with Gasteiger partial charge in [0.1, 0.15) is 6.04 Å². The standard InChI is InChI=1S/C11H22N2O3S/c1-4-5-9(10(14)15)13-11(16)12-6-8(2)7-17-3/h8-9H,4-7H2,1-3H3,(H,14,15)(H2,12,13,16)/t8?,9-/m0/s1. The number of carboxylic acid groups (broad SMARTS) is 1. The highest BCUT2D eigenvalue weighted by Gasteiger charge is 2.18. The van der Waals surface area contributed by atoms with Crippen molar-refractivity contribution in [2.45, 2.75) is 32.7 Å². The van der Waals surface area contributed by atoms with Crippen molar-refractivity contribution in [1.29, 1.82) is 0 Å². The number of aliphatic carboxylic acids is 1. The molecule has 0 spiro atoms. The van der Waals surface area contributed by atoms with Crippen molar-refractivity contribution < 1.29 is 14.7 Å². The Morgan fingerprint density at radius 2 is 2.06 bits per heavy atom. The van der Waals surface area contributed by atoms with Gasteiger partial charge in [-0.3, -0.25) is 0 Å². The van der Waals surface area contributed by atoms with Gasteiger partial charge in [-0.25, -0.2) is 9.59 Å². The van der Waals surface area contributed by atoms with Crippen molar-refractivity contribution in [1.82, 2.24) is 10.6 Å². The molecule has 2 atom stereocenters. The van der Waals surface area contributed by atoms with Crippen molar-refractivity contribution in [2.75, 3.05) is 18.6 Å². The number of carboxylic acids is 1. The van der Waals surface area contributed by atoms with E-state index in [1.165, 1.54) is 0 Å². The molecule has 0 bridgehead atoms. The number of nitrogens with one attached hydrogen (secondary N) is 2. The van der Waals surface area contributed by atoms with E-state index in [2.05, 4.69) is 10.6 Å². The summed E-state index contributed by atoms with van der Waals surface area (Å²) >= 11 is 1.72. The van der Waals surface area contributed by atoms with E-state index in [0.29, 0.717) is 18.9 Å². The third kappa shape index (κ3) is 7.90. The molecular formula is C11H22N2O3S.